The predicted octanol–water partition coefficient (Wildman–Crippen LogP) is 0.206. The smallest absolute Gasteiger partial charge is 0.254 e. The minimum absolute atomic E-state index is 0.00157. The van der Waals surface area contributed by atoms with Gasteiger partial charge in [-0.1, -0.05) is 12.1 Å². The van der Waals surface area contributed by atoms with E-state index >= 15 is 0 Å². The third kappa shape index (κ3) is 5.03. The summed E-state index contributed by atoms with van der Waals surface area (Å²) in [6, 6.07) is 5.93. The molecule has 0 aliphatic carbocycles. The second-order valence-electron chi connectivity index (χ2n) is 6.96. The topological polar surface area (TPSA) is 87.9 Å². The Balaban J connectivity index is 1.37. The van der Waals surface area contributed by atoms with E-state index in [0.717, 1.165) is 25.9 Å². The van der Waals surface area contributed by atoms with Crippen molar-refractivity contribution < 1.29 is 18.7 Å². The van der Waals surface area contributed by atoms with E-state index in [1.807, 2.05) is 4.90 Å². The lowest BCUT2D eigenvalue weighted by Crippen LogP contribution is -2.52. The maximum absolute atomic E-state index is 13.6. The molecule has 2 amide bonds. The summed E-state index contributed by atoms with van der Waals surface area (Å²) in [5.74, 6) is -0.874. The molecule has 0 unspecified atom stereocenters. The lowest BCUT2D eigenvalue weighted by atomic mass is 10.1. The Morgan fingerprint density at radius 2 is 1.93 bits per heavy atom. The van der Waals surface area contributed by atoms with Crippen LogP contribution in [0, 0.1) is 5.82 Å². The van der Waals surface area contributed by atoms with Crippen LogP contribution in [0.4, 0.5) is 4.39 Å². The van der Waals surface area contributed by atoms with Gasteiger partial charge >= 0.3 is 0 Å². The molecule has 3 rings (SSSR count). The third-order valence-electron chi connectivity index (χ3n) is 5.16. The number of nitrogens with two attached hydrogens (primary N) is 1. The van der Waals surface area contributed by atoms with Gasteiger partial charge in [0.2, 0.25) is 0 Å². The molecule has 2 heterocycles. The molecule has 2 aliphatic heterocycles. The van der Waals surface area contributed by atoms with Crippen LogP contribution in [0.15, 0.2) is 24.3 Å². The first-order valence-electron chi connectivity index (χ1n) is 9.48. The molecule has 2 aliphatic rings. The first-order chi connectivity index (χ1) is 13.1. The molecule has 148 valence electrons. The number of hydrogen-bond donors (Lipinski definition) is 2. The van der Waals surface area contributed by atoms with E-state index in [2.05, 4.69) is 10.2 Å². The Labute approximate surface area is 158 Å². The van der Waals surface area contributed by atoms with Crippen LogP contribution in [-0.2, 0) is 9.53 Å². The number of ether oxygens (including phenoxy) is 1. The lowest BCUT2D eigenvalue weighted by Gasteiger charge is -2.35. The molecule has 8 heteroatoms. The first kappa shape index (κ1) is 19.7. The molecule has 2 saturated heterocycles. The van der Waals surface area contributed by atoms with E-state index < -0.39 is 11.7 Å². The Morgan fingerprint density at radius 1 is 1.19 bits per heavy atom. The zero-order chi connectivity index (χ0) is 19.2. The predicted molar refractivity (Wildman–Crippen MR) is 98.7 cm³/mol. The van der Waals surface area contributed by atoms with E-state index in [1.165, 1.54) is 12.1 Å². The minimum atomic E-state index is -0.520. The van der Waals surface area contributed by atoms with Gasteiger partial charge in [-0.25, -0.2) is 4.39 Å². The maximum Gasteiger partial charge on any atom is 0.254 e. The molecule has 0 bridgehead atoms. The van der Waals surface area contributed by atoms with E-state index in [4.69, 9.17) is 10.5 Å². The molecule has 27 heavy (non-hydrogen) atoms. The van der Waals surface area contributed by atoms with Crippen molar-refractivity contribution in [1.29, 1.82) is 0 Å². The number of nitrogens with zero attached hydrogens (tertiary/aromatic N) is 2. The van der Waals surface area contributed by atoms with Crippen molar-refractivity contribution in [3.8, 4) is 0 Å². The molecular formula is C19H27FN4O3. The Morgan fingerprint density at radius 3 is 2.59 bits per heavy atom. The van der Waals surface area contributed by atoms with Crippen molar-refractivity contribution in [2.45, 2.75) is 25.0 Å². The molecule has 1 aromatic carbocycles. The van der Waals surface area contributed by atoms with E-state index in [1.54, 1.807) is 12.1 Å². The molecular weight excluding hydrogens is 351 g/mol. The van der Waals surface area contributed by atoms with Crippen molar-refractivity contribution in [2.75, 3.05) is 45.8 Å². The van der Waals surface area contributed by atoms with Gasteiger partial charge < -0.3 is 20.7 Å². The van der Waals surface area contributed by atoms with Gasteiger partial charge in [0.05, 0.1) is 11.7 Å². The highest BCUT2D eigenvalue weighted by atomic mass is 19.1. The average Bonchev–Trinajstić information content (AvgIpc) is 3.17. The molecule has 2 atom stereocenters. The van der Waals surface area contributed by atoms with Crippen LogP contribution in [0.1, 0.15) is 23.2 Å². The van der Waals surface area contributed by atoms with Crippen molar-refractivity contribution in [3.05, 3.63) is 35.6 Å². The SMILES string of the molecule is NC[C@H]1CC[C@@H](C(=O)N2CCN(CCNC(=O)c3ccccc3F)CC2)O1. The fourth-order valence-corrected chi connectivity index (χ4v) is 3.52. The first-order valence-corrected chi connectivity index (χ1v) is 9.48. The fraction of sp³-hybridized carbons (Fsp3) is 0.579. The number of halogens is 1. The van der Waals surface area contributed by atoms with Crippen LogP contribution >= 0.6 is 0 Å². The second kappa shape index (κ2) is 9.25. The molecule has 0 aromatic heterocycles. The van der Waals surface area contributed by atoms with E-state index in [0.29, 0.717) is 32.7 Å². The summed E-state index contributed by atoms with van der Waals surface area (Å²) in [5.41, 5.74) is 5.65. The summed E-state index contributed by atoms with van der Waals surface area (Å²) in [5, 5.41) is 2.74. The summed E-state index contributed by atoms with van der Waals surface area (Å²) < 4.78 is 19.3. The number of nitrogens with one attached hydrogen (secondary N) is 1. The third-order valence-corrected chi connectivity index (χ3v) is 5.16. The van der Waals surface area contributed by atoms with Gasteiger partial charge in [-0.05, 0) is 25.0 Å². The maximum atomic E-state index is 13.6. The summed E-state index contributed by atoms with van der Waals surface area (Å²) in [7, 11) is 0. The van der Waals surface area contributed by atoms with Crippen LogP contribution in [0.2, 0.25) is 0 Å². The summed E-state index contributed by atoms with van der Waals surface area (Å²) in [4.78, 5) is 28.5. The Bertz CT molecular complexity index is 664. The van der Waals surface area contributed by atoms with Crippen molar-refractivity contribution in [2.24, 2.45) is 5.73 Å². The van der Waals surface area contributed by atoms with Gasteiger partial charge in [0, 0.05) is 45.8 Å². The number of rotatable bonds is 6. The zero-order valence-electron chi connectivity index (χ0n) is 15.4. The number of hydrogen-bond acceptors (Lipinski definition) is 5. The highest BCUT2D eigenvalue weighted by molar-refractivity contribution is 5.94. The van der Waals surface area contributed by atoms with Crippen molar-refractivity contribution in [1.82, 2.24) is 15.1 Å². The molecule has 7 nitrogen and oxygen atoms in total. The van der Waals surface area contributed by atoms with Gasteiger partial charge in [-0.2, -0.15) is 0 Å². The highest BCUT2D eigenvalue weighted by Gasteiger charge is 2.34. The van der Waals surface area contributed by atoms with E-state index in [9.17, 15) is 14.0 Å². The van der Waals surface area contributed by atoms with Gasteiger partial charge in [0.15, 0.2) is 0 Å². The number of carbonyl (C=O) groups is 2. The fourth-order valence-electron chi connectivity index (χ4n) is 3.52. The van der Waals surface area contributed by atoms with Gasteiger partial charge in [-0.3, -0.25) is 14.5 Å². The standard InChI is InChI=1S/C19H27FN4O3/c20-16-4-2-1-3-15(16)18(25)22-7-8-23-9-11-24(12-10-23)19(26)17-6-5-14(13-21)27-17/h1-4,14,17H,5-13,21H2,(H,22,25)/t14-,17+/m1/s1. The highest BCUT2D eigenvalue weighted by Crippen LogP contribution is 2.21. The van der Waals surface area contributed by atoms with Gasteiger partial charge in [0.25, 0.3) is 11.8 Å². The van der Waals surface area contributed by atoms with Gasteiger partial charge in [0.1, 0.15) is 11.9 Å². The Hall–Kier alpha value is -2.03. The van der Waals surface area contributed by atoms with Crippen LogP contribution in [0.25, 0.3) is 0 Å². The summed E-state index contributed by atoms with van der Waals surface area (Å²) in [6.07, 6.45) is 1.22. The van der Waals surface area contributed by atoms with Crippen molar-refractivity contribution in [3.63, 3.8) is 0 Å². The monoisotopic (exact) mass is 378 g/mol. The van der Waals surface area contributed by atoms with Crippen LogP contribution in [0.5, 0.6) is 0 Å². The summed E-state index contributed by atoms with van der Waals surface area (Å²) in [6.45, 7) is 4.34. The normalized spacial score (nSPS) is 23.4. The average molecular weight is 378 g/mol. The van der Waals surface area contributed by atoms with Crippen LogP contribution < -0.4 is 11.1 Å². The largest absolute Gasteiger partial charge is 0.364 e. The number of benzene rings is 1. The molecule has 2 fully saturated rings. The van der Waals surface area contributed by atoms with E-state index in [-0.39, 0.29) is 23.7 Å². The zero-order valence-corrected chi connectivity index (χ0v) is 15.4. The molecule has 3 N–H and O–H groups in total. The number of carbonyl (C=O) groups excluding carboxylic acids is 2. The van der Waals surface area contributed by atoms with Crippen LogP contribution in [0.3, 0.4) is 0 Å². The Kier molecular flexibility index (Phi) is 6.76. The molecule has 1 aromatic rings. The minimum Gasteiger partial charge on any atom is -0.364 e. The number of amides is 2. The van der Waals surface area contributed by atoms with Crippen LogP contribution in [-0.4, -0.2) is 79.6 Å². The summed E-state index contributed by atoms with van der Waals surface area (Å²) >= 11 is 0. The lowest BCUT2D eigenvalue weighted by molar-refractivity contribution is -0.144. The van der Waals surface area contributed by atoms with Crippen molar-refractivity contribution >= 4 is 11.8 Å². The van der Waals surface area contributed by atoms with Gasteiger partial charge in [-0.15, -0.1) is 0 Å². The molecule has 0 spiro atoms. The number of piperazine rings is 1. The molecule has 0 saturated carbocycles. The quantitative estimate of drug-likeness (QED) is 0.739. The molecule has 0 radical (unpaired) electrons. The second-order valence-corrected chi connectivity index (χ2v) is 6.96.